The third kappa shape index (κ3) is 4.33. The second kappa shape index (κ2) is 8.08. The van der Waals surface area contributed by atoms with E-state index >= 15 is 0 Å². The summed E-state index contributed by atoms with van der Waals surface area (Å²) < 4.78 is 10.4. The van der Waals surface area contributed by atoms with Crippen molar-refractivity contribution in [2.45, 2.75) is 13.2 Å². The quantitative estimate of drug-likeness (QED) is 0.590. The summed E-state index contributed by atoms with van der Waals surface area (Å²) in [7, 11) is 1.52. The second-order valence-electron chi connectivity index (χ2n) is 5.34. The van der Waals surface area contributed by atoms with E-state index in [9.17, 15) is 9.59 Å². The van der Waals surface area contributed by atoms with Gasteiger partial charge in [0.25, 0.3) is 5.91 Å². The minimum Gasteiger partial charge on any atom is -0.483 e. The first-order valence-electron chi connectivity index (χ1n) is 7.76. The molecule has 0 aliphatic rings. The molecule has 3 aromatic rings. The zero-order valence-corrected chi connectivity index (χ0v) is 14.0. The van der Waals surface area contributed by atoms with Gasteiger partial charge in [-0.05, 0) is 5.56 Å². The lowest BCUT2D eigenvalue weighted by Crippen LogP contribution is -2.18. The molecule has 0 aliphatic heterocycles. The fourth-order valence-electron chi connectivity index (χ4n) is 2.16. The van der Waals surface area contributed by atoms with Crippen molar-refractivity contribution in [1.82, 2.24) is 20.2 Å². The minimum absolute atomic E-state index is 0.0696. The van der Waals surface area contributed by atoms with Gasteiger partial charge in [-0.2, -0.15) is 4.98 Å². The Bertz CT molecular complexity index is 936. The van der Waals surface area contributed by atoms with Gasteiger partial charge in [-0.3, -0.25) is 20.0 Å². The highest BCUT2D eigenvalue weighted by molar-refractivity contribution is 6.01. The second-order valence-corrected chi connectivity index (χ2v) is 5.34. The van der Waals surface area contributed by atoms with E-state index in [2.05, 4.69) is 25.5 Å². The lowest BCUT2D eigenvalue weighted by Gasteiger charge is -2.06. The van der Waals surface area contributed by atoms with Crippen molar-refractivity contribution in [3.63, 3.8) is 0 Å². The van der Waals surface area contributed by atoms with Crippen LogP contribution in [0.3, 0.4) is 0 Å². The molecule has 0 saturated carbocycles. The standard InChI is InChI=1S/C17H17N5O4/c1-25-10-15-19-17(22-21-15)20-16(24)12-7-13(23)14(8-18-12)26-9-11-5-3-2-4-6-11/h2-8H,9-10H2,1H3,(H,18,23)(H2,19,20,21,22,24). The summed E-state index contributed by atoms with van der Waals surface area (Å²) in [5.41, 5.74) is 0.602. The lowest BCUT2D eigenvalue weighted by atomic mass is 10.2. The van der Waals surface area contributed by atoms with Crippen molar-refractivity contribution in [3.8, 4) is 5.75 Å². The van der Waals surface area contributed by atoms with Gasteiger partial charge in [0.05, 0.1) is 0 Å². The topological polar surface area (TPSA) is 122 Å². The molecule has 0 bridgehead atoms. The zero-order valence-electron chi connectivity index (χ0n) is 14.0. The highest BCUT2D eigenvalue weighted by Gasteiger charge is 2.12. The maximum Gasteiger partial charge on any atom is 0.274 e. The van der Waals surface area contributed by atoms with Crippen molar-refractivity contribution < 1.29 is 14.3 Å². The number of aromatic nitrogens is 4. The predicted octanol–water partition coefficient (Wildman–Crippen LogP) is 1.47. The van der Waals surface area contributed by atoms with Crippen molar-refractivity contribution in [1.29, 1.82) is 0 Å². The summed E-state index contributed by atoms with van der Waals surface area (Å²) in [5.74, 6) is 0.151. The molecule has 0 atom stereocenters. The fraction of sp³-hybridized carbons (Fsp3) is 0.176. The van der Waals surface area contributed by atoms with Gasteiger partial charge >= 0.3 is 0 Å². The van der Waals surface area contributed by atoms with Crippen LogP contribution >= 0.6 is 0 Å². The number of aromatic amines is 2. The number of rotatable bonds is 7. The molecule has 0 aliphatic carbocycles. The largest absolute Gasteiger partial charge is 0.483 e. The molecule has 9 heteroatoms. The van der Waals surface area contributed by atoms with Gasteiger partial charge in [0.15, 0.2) is 11.6 Å². The van der Waals surface area contributed by atoms with Crippen molar-refractivity contribution in [2.24, 2.45) is 0 Å². The van der Waals surface area contributed by atoms with E-state index in [1.54, 1.807) is 0 Å². The van der Waals surface area contributed by atoms with Gasteiger partial charge in [-0.1, -0.05) is 30.3 Å². The predicted molar refractivity (Wildman–Crippen MR) is 92.9 cm³/mol. The highest BCUT2D eigenvalue weighted by atomic mass is 16.5. The number of benzene rings is 1. The average Bonchev–Trinajstić information content (AvgIpc) is 3.09. The Balaban J connectivity index is 1.64. The van der Waals surface area contributed by atoms with E-state index in [4.69, 9.17) is 9.47 Å². The molecule has 9 nitrogen and oxygen atoms in total. The first kappa shape index (κ1) is 17.4. The molecule has 0 saturated heterocycles. The van der Waals surface area contributed by atoms with Crippen LogP contribution in [0.1, 0.15) is 21.9 Å². The molecule has 2 aromatic heterocycles. The van der Waals surface area contributed by atoms with E-state index in [0.29, 0.717) is 5.82 Å². The molecule has 0 fully saturated rings. The van der Waals surface area contributed by atoms with Crippen LogP contribution in [0.2, 0.25) is 0 Å². The first-order chi connectivity index (χ1) is 12.7. The lowest BCUT2D eigenvalue weighted by molar-refractivity contribution is 0.102. The van der Waals surface area contributed by atoms with Crippen molar-refractivity contribution >= 4 is 11.9 Å². The number of nitrogens with one attached hydrogen (secondary N) is 3. The molecular formula is C17H17N5O4. The van der Waals surface area contributed by atoms with E-state index in [1.165, 1.54) is 19.4 Å². The monoisotopic (exact) mass is 355 g/mol. The molecule has 2 heterocycles. The molecule has 0 unspecified atom stereocenters. The summed E-state index contributed by atoms with van der Waals surface area (Å²) >= 11 is 0. The Morgan fingerprint density at radius 2 is 2.04 bits per heavy atom. The maximum absolute atomic E-state index is 12.2. The Morgan fingerprint density at radius 3 is 2.77 bits per heavy atom. The van der Waals surface area contributed by atoms with Gasteiger partial charge < -0.3 is 14.5 Å². The number of hydrogen-bond donors (Lipinski definition) is 3. The van der Waals surface area contributed by atoms with Gasteiger partial charge in [-0.15, -0.1) is 5.10 Å². The van der Waals surface area contributed by atoms with Crippen molar-refractivity contribution in [2.75, 3.05) is 12.4 Å². The highest BCUT2D eigenvalue weighted by Crippen LogP contribution is 2.08. The van der Waals surface area contributed by atoms with Crippen LogP contribution in [-0.4, -0.2) is 33.2 Å². The zero-order chi connectivity index (χ0) is 18.4. The number of methoxy groups -OCH3 is 1. The molecule has 1 amide bonds. The molecule has 3 N–H and O–H groups in total. The molecule has 1 aromatic carbocycles. The number of nitrogens with zero attached hydrogens (tertiary/aromatic N) is 2. The summed E-state index contributed by atoms with van der Waals surface area (Å²) in [6.07, 6.45) is 1.36. The third-order valence-electron chi connectivity index (χ3n) is 3.40. The molecular weight excluding hydrogens is 338 g/mol. The van der Waals surface area contributed by atoms with E-state index in [0.717, 1.165) is 5.56 Å². The van der Waals surface area contributed by atoms with Crippen LogP contribution in [0.15, 0.2) is 47.4 Å². The SMILES string of the molecule is COCc1nc(NC(=O)c2cc(=O)c(OCc3ccccc3)c[nH]2)n[nH]1. The fourth-order valence-corrected chi connectivity index (χ4v) is 2.16. The molecule has 0 radical (unpaired) electrons. The first-order valence-corrected chi connectivity index (χ1v) is 7.76. The van der Waals surface area contributed by atoms with Crippen LogP contribution in [0, 0.1) is 0 Å². The van der Waals surface area contributed by atoms with Crippen LogP contribution < -0.4 is 15.5 Å². The number of pyridine rings is 1. The number of anilines is 1. The number of carbonyl (C=O) groups excluding carboxylic acids is 1. The smallest absolute Gasteiger partial charge is 0.274 e. The number of hydrogen-bond acceptors (Lipinski definition) is 6. The summed E-state index contributed by atoms with van der Waals surface area (Å²) in [5, 5.41) is 8.94. The number of amides is 1. The van der Waals surface area contributed by atoms with Crippen LogP contribution in [-0.2, 0) is 18.0 Å². The summed E-state index contributed by atoms with van der Waals surface area (Å²) in [4.78, 5) is 31.1. The van der Waals surface area contributed by atoms with E-state index in [-0.39, 0.29) is 30.6 Å². The Labute approximate surface area is 148 Å². The van der Waals surface area contributed by atoms with Gasteiger partial charge in [0, 0.05) is 19.4 Å². The summed E-state index contributed by atoms with van der Waals surface area (Å²) in [6, 6.07) is 10.6. The number of carbonyl (C=O) groups is 1. The molecule has 26 heavy (non-hydrogen) atoms. The number of H-pyrrole nitrogens is 2. The Hall–Kier alpha value is -3.46. The van der Waals surface area contributed by atoms with E-state index < -0.39 is 11.3 Å². The maximum atomic E-state index is 12.2. The van der Waals surface area contributed by atoms with Crippen LogP contribution in [0.25, 0.3) is 0 Å². The van der Waals surface area contributed by atoms with Crippen LogP contribution in [0.4, 0.5) is 5.95 Å². The molecule has 3 rings (SSSR count). The molecule has 134 valence electrons. The third-order valence-corrected chi connectivity index (χ3v) is 3.40. The molecule has 0 spiro atoms. The van der Waals surface area contributed by atoms with Crippen molar-refractivity contribution in [3.05, 3.63) is 69.9 Å². The minimum atomic E-state index is -0.542. The van der Waals surface area contributed by atoms with Gasteiger partial charge in [-0.25, -0.2) is 0 Å². The van der Waals surface area contributed by atoms with Gasteiger partial charge in [0.1, 0.15) is 18.9 Å². The average molecular weight is 355 g/mol. The summed E-state index contributed by atoms with van der Waals surface area (Å²) in [6.45, 7) is 0.502. The van der Waals surface area contributed by atoms with Gasteiger partial charge in [0.2, 0.25) is 11.4 Å². The Morgan fingerprint density at radius 1 is 1.23 bits per heavy atom. The van der Waals surface area contributed by atoms with E-state index in [1.807, 2.05) is 30.3 Å². The Kier molecular flexibility index (Phi) is 5.40. The normalized spacial score (nSPS) is 10.5. The van der Waals surface area contributed by atoms with Crippen LogP contribution in [0.5, 0.6) is 5.75 Å². The number of ether oxygens (including phenoxy) is 2.